The summed E-state index contributed by atoms with van der Waals surface area (Å²) in [6, 6.07) is 17.8. The quantitative estimate of drug-likeness (QED) is 0.813. The largest absolute Gasteiger partial charge is 0.508 e. The average Bonchev–Trinajstić information content (AvgIpc) is 2.38. The Morgan fingerprint density at radius 1 is 0.833 bits per heavy atom. The fraction of sp³-hybridized carbons (Fsp3) is 0.200. The summed E-state index contributed by atoms with van der Waals surface area (Å²) in [6.07, 6.45) is 1.04. The third-order valence-corrected chi connectivity index (χ3v) is 2.70. The molecule has 0 bridgehead atoms. The number of phenols is 1. The van der Waals surface area contributed by atoms with E-state index >= 15 is 0 Å². The molecule has 18 heavy (non-hydrogen) atoms. The SMILES string of the molecule is Cl.Oc1ccc(CNCCc2ccccc2)cc1. The van der Waals surface area contributed by atoms with Crippen LogP contribution >= 0.6 is 12.4 Å². The summed E-state index contributed by atoms with van der Waals surface area (Å²) in [5.74, 6) is 0.318. The van der Waals surface area contributed by atoms with Crippen LogP contribution in [0.4, 0.5) is 0 Å². The lowest BCUT2D eigenvalue weighted by atomic mass is 10.1. The molecule has 0 aliphatic rings. The molecule has 0 aliphatic carbocycles. The highest BCUT2D eigenvalue weighted by Crippen LogP contribution is 2.09. The van der Waals surface area contributed by atoms with Gasteiger partial charge in [0.05, 0.1) is 0 Å². The smallest absolute Gasteiger partial charge is 0.115 e. The van der Waals surface area contributed by atoms with Crippen LogP contribution in [0.3, 0.4) is 0 Å². The molecule has 0 saturated carbocycles. The van der Waals surface area contributed by atoms with Crippen LogP contribution in [-0.2, 0) is 13.0 Å². The summed E-state index contributed by atoms with van der Waals surface area (Å²) < 4.78 is 0. The van der Waals surface area contributed by atoms with Gasteiger partial charge in [-0.25, -0.2) is 0 Å². The monoisotopic (exact) mass is 263 g/mol. The maximum atomic E-state index is 9.16. The second-order valence-corrected chi connectivity index (χ2v) is 4.08. The maximum Gasteiger partial charge on any atom is 0.115 e. The lowest BCUT2D eigenvalue weighted by Gasteiger charge is -2.05. The molecule has 0 unspecified atom stereocenters. The van der Waals surface area contributed by atoms with E-state index in [0.29, 0.717) is 5.75 Å². The first-order chi connectivity index (χ1) is 8.34. The van der Waals surface area contributed by atoms with Gasteiger partial charge in [-0.2, -0.15) is 0 Å². The second kappa shape index (κ2) is 7.75. The van der Waals surface area contributed by atoms with Crippen molar-refractivity contribution < 1.29 is 5.11 Å². The molecule has 0 aromatic heterocycles. The predicted molar refractivity (Wildman–Crippen MR) is 77.2 cm³/mol. The number of hydrogen-bond donors (Lipinski definition) is 2. The number of rotatable bonds is 5. The molecule has 96 valence electrons. The molecule has 0 spiro atoms. The Kier molecular flexibility index (Phi) is 6.26. The Morgan fingerprint density at radius 3 is 2.17 bits per heavy atom. The first kappa shape index (κ1) is 14.6. The third-order valence-electron chi connectivity index (χ3n) is 2.70. The van der Waals surface area contributed by atoms with Gasteiger partial charge in [-0.05, 0) is 36.2 Å². The van der Waals surface area contributed by atoms with Gasteiger partial charge < -0.3 is 10.4 Å². The highest BCUT2D eigenvalue weighted by molar-refractivity contribution is 5.85. The summed E-state index contributed by atoms with van der Waals surface area (Å²) in [7, 11) is 0. The zero-order valence-electron chi connectivity index (χ0n) is 10.2. The molecule has 2 aromatic carbocycles. The van der Waals surface area contributed by atoms with Crippen molar-refractivity contribution in [1.29, 1.82) is 0 Å². The van der Waals surface area contributed by atoms with Crippen molar-refractivity contribution in [3.05, 3.63) is 65.7 Å². The summed E-state index contributed by atoms with van der Waals surface area (Å²) >= 11 is 0. The van der Waals surface area contributed by atoms with Gasteiger partial charge in [0.15, 0.2) is 0 Å². The number of phenolic OH excluding ortho intramolecular Hbond substituents is 1. The fourth-order valence-electron chi connectivity index (χ4n) is 1.72. The van der Waals surface area contributed by atoms with E-state index < -0.39 is 0 Å². The first-order valence-electron chi connectivity index (χ1n) is 5.87. The average molecular weight is 264 g/mol. The van der Waals surface area contributed by atoms with Crippen LogP contribution in [0, 0.1) is 0 Å². The fourth-order valence-corrected chi connectivity index (χ4v) is 1.72. The maximum absolute atomic E-state index is 9.16. The van der Waals surface area contributed by atoms with E-state index in [1.54, 1.807) is 12.1 Å². The molecule has 0 fully saturated rings. The minimum absolute atomic E-state index is 0. The Bertz CT molecular complexity index is 442. The number of nitrogens with one attached hydrogen (secondary N) is 1. The van der Waals surface area contributed by atoms with Crippen LogP contribution in [0.15, 0.2) is 54.6 Å². The van der Waals surface area contributed by atoms with Crippen molar-refractivity contribution >= 4 is 12.4 Å². The van der Waals surface area contributed by atoms with Crippen LogP contribution in [-0.4, -0.2) is 11.7 Å². The van der Waals surface area contributed by atoms with Crippen LogP contribution in [0.5, 0.6) is 5.75 Å². The lowest BCUT2D eigenvalue weighted by molar-refractivity contribution is 0.475. The van der Waals surface area contributed by atoms with Crippen molar-refractivity contribution in [3.8, 4) is 5.75 Å². The minimum atomic E-state index is 0. The molecule has 0 amide bonds. The molecule has 2 nitrogen and oxygen atoms in total. The highest BCUT2D eigenvalue weighted by atomic mass is 35.5. The summed E-state index contributed by atoms with van der Waals surface area (Å²) in [5, 5.41) is 12.5. The number of benzene rings is 2. The Hall–Kier alpha value is -1.51. The second-order valence-electron chi connectivity index (χ2n) is 4.08. The minimum Gasteiger partial charge on any atom is -0.508 e. The molecule has 0 heterocycles. The van der Waals surface area contributed by atoms with Crippen LogP contribution < -0.4 is 5.32 Å². The van der Waals surface area contributed by atoms with E-state index in [9.17, 15) is 0 Å². The normalized spacial score (nSPS) is 9.78. The van der Waals surface area contributed by atoms with E-state index in [1.165, 1.54) is 11.1 Å². The molecule has 3 heteroatoms. The summed E-state index contributed by atoms with van der Waals surface area (Å²) in [4.78, 5) is 0. The van der Waals surface area contributed by atoms with Gasteiger partial charge in [0, 0.05) is 6.54 Å². The van der Waals surface area contributed by atoms with Crippen molar-refractivity contribution in [1.82, 2.24) is 5.32 Å². The zero-order chi connectivity index (χ0) is 11.9. The number of aromatic hydroxyl groups is 1. The number of hydrogen-bond acceptors (Lipinski definition) is 2. The van der Waals surface area contributed by atoms with E-state index in [4.69, 9.17) is 5.11 Å². The number of halogens is 1. The Balaban J connectivity index is 0.00000162. The van der Waals surface area contributed by atoms with E-state index in [2.05, 4.69) is 29.6 Å². The first-order valence-corrected chi connectivity index (χ1v) is 5.87. The van der Waals surface area contributed by atoms with Crippen LogP contribution in [0.25, 0.3) is 0 Å². The van der Waals surface area contributed by atoms with Crippen molar-refractivity contribution in [2.24, 2.45) is 0 Å². The van der Waals surface area contributed by atoms with Crippen LogP contribution in [0.1, 0.15) is 11.1 Å². The molecule has 0 atom stereocenters. The van der Waals surface area contributed by atoms with Gasteiger partial charge >= 0.3 is 0 Å². The van der Waals surface area contributed by atoms with Gasteiger partial charge in [0.1, 0.15) is 5.75 Å². The van der Waals surface area contributed by atoms with Crippen LogP contribution in [0.2, 0.25) is 0 Å². The summed E-state index contributed by atoms with van der Waals surface area (Å²) in [5.41, 5.74) is 2.54. The van der Waals surface area contributed by atoms with Gasteiger partial charge in [0.2, 0.25) is 0 Å². The summed E-state index contributed by atoms with van der Waals surface area (Å²) in [6.45, 7) is 1.80. The van der Waals surface area contributed by atoms with Gasteiger partial charge in [-0.15, -0.1) is 12.4 Å². The zero-order valence-corrected chi connectivity index (χ0v) is 11.0. The lowest BCUT2D eigenvalue weighted by Crippen LogP contribution is -2.16. The predicted octanol–water partition coefficient (Wildman–Crippen LogP) is 3.15. The molecule has 2 rings (SSSR count). The van der Waals surface area contributed by atoms with Gasteiger partial charge in [0.25, 0.3) is 0 Å². The highest BCUT2D eigenvalue weighted by Gasteiger charge is 1.94. The van der Waals surface area contributed by atoms with Crippen molar-refractivity contribution in [3.63, 3.8) is 0 Å². The van der Waals surface area contributed by atoms with Crippen molar-refractivity contribution in [2.45, 2.75) is 13.0 Å². The van der Waals surface area contributed by atoms with Gasteiger partial charge in [-0.3, -0.25) is 0 Å². The molecule has 2 N–H and O–H groups in total. The Morgan fingerprint density at radius 2 is 1.50 bits per heavy atom. The molecule has 0 aliphatic heterocycles. The third kappa shape index (κ3) is 4.78. The van der Waals surface area contributed by atoms with E-state index in [1.807, 2.05) is 18.2 Å². The van der Waals surface area contributed by atoms with Crippen molar-refractivity contribution in [2.75, 3.05) is 6.54 Å². The molecular weight excluding hydrogens is 246 g/mol. The molecule has 2 aromatic rings. The van der Waals surface area contributed by atoms with E-state index in [0.717, 1.165) is 19.5 Å². The molecule has 0 saturated heterocycles. The molecular formula is C15H18ClNO. The van der Waals surface area contributed by atoms with E-state index in [-0.39, 0.29) is 12.4 Å². The van der Waals surface area contributed by atoms with Gasteiger partial charge in [-0.1, -0.05) is 42.5 Å². The topological polar surface area (TPSA) is 32.3 Å². The molecule has 0 radical (unpaired) electrons. The standard InChI is InChI=1S/C15H17NO.ClH/c17-15-8-6-14(7-9-15)12-16-11-10-13-4-2-1-3-5-13;/h1-9,16-17H,10-12H2;1H. The Labute approximate surface area is 114 Å².